The third-order valence-electron chi connectivity index (χ3n) is 4.66. The van der Waals surface area contributed by atoms with Gasteiger partial charge in [-0.15, -0.1) is 6.42 Å². The predicted octanol–water partition coefficient (Wildman–Crippen LogP) is 1.17. The fraction of sp³-hybridized carbons (Fsp3) is 0.704. The molecule has 1 aromatic carbocycles. The zero-order valence-electron chi connectivity index (χ0n) is 23.2. The summed E-state index contributed by atoms with van der Waals surface area (Å²) in [5.74, 6) is 2.39. The van der Waals surface area contributed by atoms with Crippen molar-refractivity contribution in [3.8, 4) is 12.3 Å². The van der Waals surface area contributed by atoms with E-state index in [2.05, 4.69) is 5.92 Å². The Morgan fingerprint density at radius 2 is 0.775 bits per heavy atom. The quantitative estimate of drug-likeness (QED) is 0.0723. The molecule has 0 atom stereocenters. The molecule has 0 aliphatic carbocycles. The van der Waals surface area contributed by atoms with Crippen molar-refractivity contribution in [2.75, 3.05) is 126 Å². The van der Waals surface area contributed by atoms with Crippen molar-refractivity contribution >= 4 is 10.1 Å². The highest BCUT2D eigenvalue weighted by Gasteiger charge is 2.13. The van der Waals surface area contributed by atoms with Crippen LogP contribution in [-0.2, 0) is 56.9 Å². The Morgan fingerprint density at radius 1 is 0.475 bits per heavy atom. The molecular weight excluding hydrogens is 548 g/mol. The van der Waals surface area contributed by atoms with E-state index < -0.39 is 10.1 Å². The lowest BCUT2D eigenvalue weighted by Crippen LogP contribution is -2.15. The lowest BCUT2D eigenvalue weighted by atomic mass is 10.4. The van der Waals surface area contributed by atoms with Gasteiger partial charge in [-0.2, -0.15) is 8.42 Å². The van der Waals surface area contributed by atoms with E-state index >= 15 is 0 Å². The number of ether oxygens (including phenoxy) is 9. The van der Waals surface area contributed by atoms with E-state index in [4.69, 9.17) is 53.2 Å². The monoisotopic (exact) mass is 592 g/mol. The van der Waals surface area contributed by atoms with E-state index in [1.807, 2.05) is 0 Å². The molecule has 12 nitrogen and oxygen atoms in total. The van der Waals surface area contributed by atoms with Crippen LogP contribution in [0.2, 0.25) is 0 Å². The minimum Gasteiger partial charge on any atom is -0.377 e. The van der Waals surface area contributed by atoms with Crippen molar-refractivity contribution in [2.24, 2.45) is 0 Å². The van der Waals surface area contributed by atoms with Gasteiger partial charge < -0.3 is 42.6 Å². The highest BCUT2D eigenvalue weighted by molar-refractivity contribution is 7.86. The first kappa shape index (κ1) is 36.4. The SMILES string of the molecule is C#CCOCCOCCOCCOCCOCCOCCOCCOCCOCCOS(=O)(=O)c1ccccc1. The second-order valence-corrected chi connectivity index (χ2v) is 9.36. The summed E-state index contributed by atoms with van der Waals surface area (Å²) in [4.78, 5) is 0.121. The van der Waals surface area contributed by atoms with E-state index in [-0.39, 0.29) is 18.1 Å². The Morgan fingerprint density at radius 3 is 1.10 bits per heavy atom. The van der Waals surface area contributed by atoms with Crippen LogP contribution in [0.5, 0.6) is 0 Å². The van der Waals surface area contributed by atoms with Gasteiger partial charge in [-0.25, -0.2) is 0 Å². The molecule has 230 valence electrons. The smallest absolute Gasteiger partial charge is 0.297 e. The molecule has 1 rings (SSSR count). The van der Waals surface area contributed by atoms with E-state index in [9.17, 15) is 8.42 Å². The van der Waals surface area contributed by atoms with Gasteiger partial charge in [-0.3, -0.25) is 4.18 Å². The van der Waals surface area contributed by atoms with Crippen LogP contribution >= 0.6 is 0 Å². The highest BCUT2D eigenvalue weighted by atomic mass is 32.2. The van der Waals surface area contributed by atoms with Crippen molar-refractivity contribution in [2.45, 2.75) is 4.90 Å². The molecule has 0 bridgehead atoms. The first-order valence-electron chi connectivity index (χ1n) is 13.2. The van der Waals surface area contributed by atoms with Crippen molar-refractivity contribution < 1.29 is 55.2 Å². The maximum atomic E-state index is 11.9. The zero-order chi connectivity index (χ0) is 28.8. The normalized spacial score (nSPS) is 11.6. The molecule has 0 heterocycles. The highest BCUT2D eigenvalue weighted by Crippen LogP contribution is 2.10. The standard InChI is InChI=1S/C27H44O12S/c1-2-8-30-9-10-31-11-12-32-13-14-33-15-16-34-17-18-35-19-20-36-21-22-37-23-24-38-25-26-39-40(28,29)27-6-4-3-5-7-27/h1,3-7H,8-26H2. The Hall–Kier alpha value is -1.67. The molecule has 0 saturated carbocycles. The van der Waals surface area contributed by atoms with Gasteiger partial charge in [0, 0.05) is 0 Å². The third-order valence-corrected chi connectivity index (χ3v) is 5.99. The molecule has 1 aromatic rings. The summed E-state index contributed by atoms with van der Waals surface area (Å²) in [5, 5.41) is 0. The lowest BCUT2D eigenvalue weighted by Gasteiger charge is -2.09. The van der Waals surface area contributed by atoms with Gasteiger partial charge >= 0.3 is 0 Å². The summed E-state index contributed by atoms with van der Waals surface area (Å²) in [6.07, 6.45) is 5.07. The van der Waals surface area contributed by atoms with E-state index in [1.165, 1.54) is 12.1 Å². The number of benzene rings is 1. The van der Waals surface area contributed by atoms with Crippen molar-refractivity contribution in [1.82, 2.24) is 0 Å². The molecular formula is C27H44O12S. The van der Waals surface area contributed by atoms with E-state index in [1.54, 1.807) is 18.2 Å². The molecule has 0 spiro atoms. The van der Waals surface area contributed by atoms with E-state index in [0.29, 0.717) is 112 Å². The minimum absolute atomic E-state index is 0.0572. The summed E-state index contributed by atoms with van der Waals surface area (Å²) >= 11 is 0. The van der Waals surface area contributed by atoms with Crippen LogP contribution in [0.4, 0.5) is 0 Å². The van der Waals surface area contributed by atoms with Gasteiger partial charge in [-0.1, -0.05) is 24.1 Å². The van der Waals surface area contributed by atoms with Gasteiger partial charge in [0.25, 0.3) is 10.1 Å². The Kier molecular flexibility index (Phi) is 25.0. The first-order chi connectivity index (χ1) is 19.7. The van der Waals surface area contributed by atoms with Crippen LogP contribution in [0.3, 0.4) is 0 Å². The Balaban J connectivity index is 1.69. The summed E-state index contributed by atoms with van der Waals surface area (Å²) in [6, 6.07) is 7.97. The second-order valence-electron chi connectivity index (χ2n) is 7.74. The van der Waals surface area contributed by atoms with Crippen molar-refractivity contribution in [1.29, 1.82) is 0 Å². The first-order valence-corrected chi connectivity index (χ1v) is 14.7. The van der Waals surface area contributed by atoms with Gasteiger partial charge in [-0.05, 0) is 12.1 Å². The molecule has 0 N–H and O–H groups in total. The summed E-state index contributed by atoms with van der Waals surface area (Å²) < 4.78 is 77.0. The molecule has 40 heavy (non-hydrogen) atoms. The van der Waals surface area contributed by atoms with Crippen LogP contribution in [0.25, 0.3) is 0 Å². The largest absolute Gasteiger partial charge is 0.377 e. The number of rotatable bonds is 30. The molecule has 0 amide bonds. The predicted molar refractivity (Wildman–Crippen MR) is 146 cm³/mol. The van der Waals surface area contributed by atoms with Crippen LogP contribution in [0, 0.1) is 12.3 Å². The molecule has 0 fully saturated rings. The molecule has 13 heteroatoms. The molecule has 0 radical (unpaired) electrons. The Labute approximate surface area is 238 Å². The third kappa shape index (κ3) is 23.1. The van der Waals surface area contributed by atoms with Crippen molar-refractivity contribution in [3.05, 3.63) is 30.3 Å². The average Bonchev–Trinajstić information content (AvgIpc) is 2.97. The van der Waals surface area contributed by atoms with Crippen LogP contribution in [-0.4, -0.2) is 134 Å². The minimum atomic E-state index is -3.75. The Bertz CT molecular complexity index is 817. The van der Waals surface area contributed by atoms with Gasteiger partial charge in [0.15, 0.2) is 0 Å². The molecule has 0 aliphatic rings. The summed E-state index contributed by atoms with van der Waals surface area (Å²) in [7, 11) is -3.75. The topological polar surface area (TPSA) is 126 Å². The number of terminal acetylenes is 1. The van der Waals surface area contributed by atoms with Crippen LogP contribution in [0.1, 0.15) is 0 Å². The average molecular weight is 593 g/mol. The van der Waals surface area contributed by atoms with E-state index in [0.717, 1.165) is 0 Å². The zero-order valence-corrected chi connectivity index (χ0v) is 24.0. The fourth-order valence-corrected chi connectivity index (χ4v) is 3.66. The molecule has 0 aliphatic heterocycles. The van der Waals surface area contributed by atoms with Crippen LogP contribution < -0.4 is 0 Å². The lowest BCUT2D eigenvalue weighted by molar-refractivity contribution is -0.0249. The maximum Gasteiger partial charge on any atom is 0.297 e. The van der Waals surface area contributed by atoms with Gasteiger partial charge in [0.05, 0.1) is 124 Å². The van der Waals surface area contributed by atoms with Gasteiger partial charge in [0.2, 0.25) is 0 Å². The molecule has 0 unspecified atom stereocenters. The van der Waals surface area contributed by atoms with Gasteiger partial charge in [0.1, 0.15) is 6.61 Å². The molecule has 0 saturated heterocycles. The fourth-order valence-electron chi connectivity index (χ4n) is 2.75. The number of hydrogen-bond acceptors (Lipinski definition) is 12. The van der Waals surface area contributed by atoms with Crippen LogP contribution in [0.15, 0.2) is 35.2 Å². The molecule has 0 aromatic heterocycles. The summed E-state index contributed by atoms with van der Waals surface area (Å²) in [5.41, 5.74) is 0. The maximum absolute atomic E-state index is 11.9. The summed E-state index contributed by atoms with van der Waals surface area (Å²) in [6.45, 7) is 7.80. The second kappa shape index (κ2) is 27.5. The van der Waals surface area contributed by atoms with Crippen molar-refractivity contribution in [3.63, 3.8) is 0 Å². The number of hydrogen-bond donors (Lipinski definition) is 0.